The third kappa shape index (κ3) is 3.40. The van der Waals surface area contributed by atoms with Gasteiger partial charge in [-0.1, -0.05) is 13.8 Å². The van der Waals surface area contributed by atoms with Gasteiger partial charge < -0.3 is 5.73 Å². The number of hydrogen-bond donors (Lipinski definition) is 2. The van der Waals surface area contributed by atoms with Crippen molar-refractivity contribution in [2.45, 2.75) is 20.3 Å². The second-order valence-corrected chi connectivity index (χ2v) is 7.27. The minimum absolute atomic E-state index is 0.0795. The molecule has 1 aliphatic heterocycles. The van der Waals surface area contributed by atoms with Gasteiger partial charge in [0.25, 0.3) is 0 Å². The minimum Gasteiger partial charge on any atom is -0.397 e. The number of anilines is 2. The highest BCUT2D eigenvalue weighted by Crippen LogP contribution is 2.26. The van der Waals surface area contributed by atoms with Crippen molar-refractivity contribution in [2.75, 3.05) is 23.5 Å². The molecule has 2 unspecified atom stereocenters. The van der Waals surface area contributed by atoms with Gasteiger partial charge >= 0.3 is 10.2 Å². The zero-order valence-corrected chi connectivity index (χ0v) is 12.5. The van der Waals surface area contributed by atoms with Crippen molar-refractivity contribution in [1.29, 1.82) is 0 Å². The van der Waals surface area contributed by atoms with Gasteiger partial charge in [-0.05, 0) is 30.4 Å². The Hall–Kier alpha value is -1.34. The fourth-order valence-electron chi connectivity index (χ4n) is 2.62. The molecule has 0 amide bonds. The summed E-state index contributed by atoms with van der Waals surface area (Å²) in [4.78, 5) is 0. The number of benzene rings is 1. The number of rotatable bonds is 3. The van der Waals surface area contributed by atoms with Crippen molar-refractivity contribution in [3.8, 4) is 0 Å². The first-order chi connectivity index (χ1) is 9.28. The lowest BCUT2D eigenvalue weighted by atomic mass is 9.94. The molecule has 0 aromatic heterocycles. The van der Waals surface area contributed by atoms with Crippen molar-refractivity contribution < 1.29 is 12.8 Å². The molecule has 2 rings (SSSR count). The molecule has 2 atom stereocenters. The SMILES string of the molecule is CC1CC(C)CN(S(=O)(=O)Nc2cc(F)ccc2N)C1. The van der Waals surface area contributed by atoms with E-state index in [2.05, 4.69) is 4.72 Å². The molecule has 0 radical (unpaired) electrons. The van der Waals surface area contributed by atoms with Crippen LogP contribution in [0.2, 0.25) is 0 Å². The lowest BCUT2D eigenvalue weighted by Gasteiger charge is -2.34. The smallest absolute Gasteiger partial charge is 0.301 e. The predicted octanol–water partition coefficient (Wildman–Crippen LogP) is 2.04. The maximum atomic E-state index is 13.2. The predicted molar refractivity (Wildman–Crippen MR) is 77.9 cm³/mol. The summed E-state index contributed by atoms with van der Waals surface area (Å²) in [5.41, 5.74) is 5.95. The quantitative estimate of drug-likeness (QED) is 0.839. The van der Waals surface area contributed by atoms with Crippen molar-refractivity contribution >= 4 is 21.6 Å². The van der Waals surface area contributed by atoms with E-state index in [-0.39, 0.29) is 11.4 Å². The Labute approximate surface area is 119 Å². The van der Waals surface area contributed by atoms with Gasteiger partial charge in [0.05, 0.1) is 11.4 Å². The van der Waals surface area contributed by atoms with Gasteiger partial charge in [-0.15, -0.1) is 0 Å². The second kappa shape index (κ2) is 5.57. The van der Waals surface area contributed by atoms with Crippen LogP contribution in [0.25, 0.3) is 0 Å². The summed E-state index contributed by atoms with van der Waals surface area (Å²) in [6.45, 7) is 4.98. The Balaban J connectivity index is 2.20. The van der Waals surface area contributed by atoms with Crippen LogP contribution >= 0.6 is 0 Å². The first-order valence-corrected chi connectivity index (χ1v) is 8.05. The highest BCUT2D eigenvalue weighted by Gasteiger charge is 2.30. The summed E-state index contributed by atoms with van der Waals surface area (Å²) in [5, 5.41) is 0. The van der Waals surface area contributed by atoms with Crippen LogP contribution in [0, 0.1) is 17.7 Å². The number of nitrogens with zero attached hydrogens (tertiary/aromatic N) is 1. The Morgan fingerprint density at radius 2 is 1.90 bits per heavy atom. The van der Waals surface area contributed by atoms with Crippen LogP contribution in [0.15, 0.2) is 18.2 Å². The lowest BCUT2D eigenvalue weighted by molar-refractivity contribution is 0.223. The molecule has 0 saturated carbocycles. The van der Waals surface area contributed by atoms with Gasteiger partial charge in [0.15, 0.2) is 0 Å². The van der Waals surface area contributed by atoms with Crippen LogP contribution in [0.1, 0.15) is 20.3 Å². The average molecular weight is 301 g/mol. The molecule has 0 spiro atoms. The molecule has 1 saturated heterocycles. The Morgan fingerprint density at radius 3 is 2.50 bits per heavy atom. The van der Waals surface area contributed by atoms with Gasteiger partial charge in [0.1, 0.15) is 5.82 Å². The van der Waals surface area contributed by atoms with Crippen LogP contribution in [-0.4, -0.2) is 25.8 Å². The lowest BCUT2D eigenvalue weighted by Crippen LogP contribution is -2.45. The molecule has 20 heavy (non-hydrogen) atoms. The van der Waals surface area contributed by atoms with Crippen LogP contribution in [0.5, 0.6) is 0 Å². The highest BCUT2D eigenvalue weighted by atomic mass is 32.2. The number of piperidine rings is 1. The second-order valence-electron chi connectivity index (χ2n) is 5.60. The third-order valence-electron chi connectivity index (χ3n) is 3.43. The van der Waals surface area contributed by atoms with Crippen molar-refractivity contribution in [3.63, 3.8) is 0 Å². The van der Waals surface area contributed by atoms with E-state index in [1.54, 1.807) is 0 Å². The van der Waals surface area contributed by atoms with E-state index in [4.69, 9.17) is 5.73 Å². The Bertz CT molecular complexity index is 581. The summed E-state index contributed by atoms with van der Waals surface area (Å²) in [5.74, 6) is 0.0812. The zero-order chi connectivity index (χ0) is 14.9. The topological polar surface area (TPSA) is 75.4 Å². The maximum absolute atomic E-state index is 13.2. The number of nitrogen functional groups attached to an aromatic ring is 1. The molecule has 7 heteroatoms. The van der Waals surface area contributed by atoms with Gasteiger partial charge in [0, 0.05) is 19.2 Å². The summed E-state index contributed by atoms with van der Waals surface area (Å²) >= 11 is 0. The number of nitrogens with two attached hydrogens (primary N) is 1. The Morgan fingerprint density at radius 1 is 1.30 bits per heavy atom. The minimum atomic E-state index is -3.70. The third-order valence-corrected chi connectivity index (χ3v) is 4.89. The molecule has 0 aliphatic carbocycles. The molecule has 1 aromatic carbocycles. The molecule has 1 aromatic rings. The molecule has 1 heterocycles. The first-order valence-electron chi connectivity index (χ1n) is 6.61. The summed E-state index contributed by atoms with van der Waals surface area (Å²) in [7, 11) is -3.70. The van der Waals surface area contributed by atoms with Crippen molar-refractivity contribution in [2.24, 2.45) is 11.8 Å². The van der Waals surface area contributed by atoms with E-state index >= 15 is 0 Å². The summed E-state index contributed by atoms with van der Waals surface area (Å²) in [6.07, 6.45) is 1.01. The summed E-state index contributed by atoms with van der Waals surface area (Å²) in [6, 6.07) is 3.62. The maximum Gasteiger partial charge on any atom is 0.301 e. The molecular weight excluding hydrogens is 281 g/mol. The van der Waals surface area contributed by atoms with Gasteiger partial charge in [-0.25, -0.2) is 4.39 Å². The molecular formula is C13H20FN3O2S. The molecule has 0 bridgehead atoms. The first kappa shape index (κ1) is 15.1. The molecule has 3 N–H and O–H groups in total. The highest BCUT2D eigenvalue weighted by molar-refractivity contribution is 7.90. The molecule has 112 valence electrons. The van der Waals surface area contributed by atoms with Crippen molar-refractivity contribution in [1.82, 2.24) is 4.31 Å². The molecule has 5 nitrogen and oxygen atoms in total. The number of hydrogen-bond acceptors (Lipinski definition) is 3. The van der Waals surface area contributed by atoms with E-state index in [1.807, 2.05) is 13.8 Å². The van der Waals surface area contributed by atoms with Gasteiger partial charge in [-0.3, -0.25) is 4.72 Å². The standard InChI is InChI=1S/C13H20FN3O2S/c1-9-5-10(2)8-17(7-9)20(18,19)16-13-6-11(14)3-4-12(13)15/h3-4,6,9-10,16H,5,7-8,15H2,1-2H3. The number of nitrogens with one attached hydrogen (secondary N) is 1. The largest absolute Gasteiger partial charge is 0.397 e. The average Bonchev–Trinajstić information content (AvgIpc) is 2.32. The summed E-state index contributed by atoms with van der Waals surface area (Å²) < 4.78 is 41.6. The van der Waals surface area contributed by atoms with Crippen molar-refractivity contribution in [3.05, 3.63) is 24.0 Å². The van der Waals surface area contributed by atoms with Crippen LogP contribution in [0.3, 0.4) is 0 Å². The Kier molecular flexibility index (Phi) is 4.19. The number of halogens is 1. The van der Waals surface area contributed by atoms with Gasteiger partial charge in [0.2, 0.25) is 0 Å². The van der Waals surface area contributed by atoms with Crippen LogP contribution in [-0.2, 0) is 10.2 Å². The monoisotopic (exact) mass is 301 g/mol. The van der Waals surface area contributed by atoms with E-state index in [0.717, 1.165) is 12.5 Å². The normalized spacial score (nSPS) is 24.6. The van der Waals surface area contributed by atoms with E-state index in [1.165, 1.54) is 16.4 Å². The van der Waals surface area contributed by atoms with Crippen LogP contribution in [0.4, 0.5) is 15.8 Å². The zero-order valence-electron chi connectivity index (χ0n) is 11.6. The molecule has 1 fully saturated rings. The van der Waals surface area contributed by atoms with Crippen LogP contribution < -0.4 is 10.5 Å². The van der Waals surface area contributed by atoms with E-state index in [0.29, 0.717) is 24.9 Å². The fourth-order valence-corrected chi connectivity index (χ4v) is 4.11. The molecule has 1 aliphatic rings. The van der Waals surface area contributed by atoms with E-state index < -0.39 is 16.0 Å². The van der Waals surface area contributed by atoms with Gasteiger partial charge in [-0.2, -0.15) is 12.7 Å². The fraction of sp³-hybridized carbons (Fsp3) is 0.538. The van der Waals surface area contributed by atoms with E-state index in [9.17, 15) is 12.8 Å².